The molecule has 2 atom stereocenters. The van der Waals surface area contributed by atoms with E-state index in [-0.39, 0.29) is 12.2 Å². The second-order valence-corrected chi connectivity index (χ2v) is 7.55. The summed E-state index contributed by atoms with van der Waals surface area (Å²) < 4.78 is 39.3. The van der Waals surface area contributed by atoms with Gasteiger partial charge in [0, 0.05) is 32.8 Å². The van der Waals surface area contributed by atoms with Gasteiger partial charge in [-0.25, -0.2) is 4.72 Å². The van der Waals surface area contributed by atoms with Gasteiger partial charge in [0.1, 0.15) is 0 Å². The van der Waals surface area contributed by atoms with Crippen molar-refractivity contribution in [1.82, 2.24) is 9.03 Å². The van der Waals surface area contributed by atoms with Crippen molar-refractivity contribution < 1.29 is 17.9 Å². The van der Waals surface area contributed by atoms with E-state index < -0.39 is 10.2 Å². The summed E-state index contributed by atoms with van der Waals surface area (Å²) in [7, 11) is -3.40. The Labute approximate surface area is 123 Å². The molecule has 20 heavy (non-hydrogen) atoms. The fraction of sp³-hybridized carbons (Fsp3) is 1.00. The molecule has 1 heterocycles. The topological polar surface area (TPSA) is 67.9 Å². The lowest BCUT2D eigenvalue weighted by atomic mass is 10.2. The van der Waals surface area contributed by atoms with Crippen LogP contribution in [0.25, 0.3) is 0 Å². The quantitative estimate of drug-likeness (QED) is 0.679. The summed E-state index contributed by atoms with van der Waals surface area (Å²) >= 11 is 0. The molecular formula is C13H28N2O4S. The zero-order valence-electron chi connectivity index (χ0n) is 13.0. The summed E-state index contributed by atoms with van der Waals surface area (Å²) in [5.41, 5.74) is 0. The van der Waals surface area contributed by atoms with E-state index in [1.807, 2.05) is 13.8 Å². The van der Waals surface area contributed by atoms with Crippen LogP contribution in [0.3, 0.4) is 0 Å². The fourth-order valence-corrected chi connectivity index (χ4v) is 3.51. The standard InChI is InChI=1S/C13H28N2O4S/c1-11(2)10-18-7-5-6-14-20(16,17)15-8-12(3)19-13(4)9-15/h11-14H,5-10H2,1-4H3/t12-,13+. The van der Waals surface area contributed by atoms with Gasteiger partial charge in [0.25, 0.3) is 10.2 Å². The van der Waals surface area contributed by atoms with Crippen molar-refractivity contribution in [3.8, 4) is 0 Å². The van der Waals surface area contributed by atoms with Gasteiger partial charge in [-0.05, 0) is 26.2 Å². The van der Waals surface area contributed by atoms with E-state index in [0.29, 0.717) is 45.2 Å². The van der Waals surface area contributed by atoms with Crippen LogP contribution in [0, 0.1) is 5.92 Å². The summed E-state index contributed by atoms with van der Waals surface area (Å²) in [6, 6.07) is 0. The number of nitrogens with one attached hydrogen (secondary N) is 1. The number of hydrogen-bond acceptors (Lipinski definition) is 4. The predicted molar refractivity (Wildman–Crippen MR) is 78.8 cm³/mol. The highest BCUT2D eigenvalue weighted by Crippen LogP contribution is 2.13. The largest absolute Gasteiger partial charge is 0.381 e. The van der Waals surface area contributed by atoms with E-state index in [0.717, 1.165) is 0 Å². The molecule has 1 aliphatic heterocycles. The van der Waals surface area contributed by atoms with Gasteiger partial charge in [0.15, 0.2) is 0 Å². The third-order valence-electron chi connectivity index (χ3n) is 2.93. The Kier molecular flexibility index (Phi) is 7.39. The zero-order chi connectivity index (χ0) is 15.2. The minimum atomic E-state index is -3.40. The fourth-order valence-electron chi connectivity index (χ4n) is 2.11. The molecule has 0 spiro atoms. The first kappa shape index (κ1) is 17.8. The maximum Gasteiger partial charge on any atom is 0.279 e. The lowest BCUT2D eigenvalue weighted by molar-refractivity contribution is -0.0444. The van der Waals surface area contributed by atoms with Crippen molar-refractivity contribution in [3.63, 3.8) is 0 Å². The van der Waals surface area contributed by atoms with Gasteiger partial charge in [0.2, 0.25) is 0 Å². The number of nitrogens with zero attached hydrogens (tertiary/aromatic N) is 1. The van der Waals surface area contributed by atoms with E-state index in [4.69, 9.17) is 9.47 Å². The summed E-state index contributed by atoms with van der Waals surface area (Å²) in [5.74, 6) is 0.503. The van der Waals surface area contributed by atoms with Crippen molar-refractivity contribution in [3.05, 3.63) is 0 Å². The van der Waals surface area contributed by atoms with Gasteiger partial charge in [-0.1, -0.05) is 13.8 Å². The molecule has 1 rings (SSSR count). The van der Waals surface area contributed by atoms with Crippen LogP contribution in [0.4, 0.5) is 0 Å². The average Bonchev–Trinajstić information content (AvgIpc) is 2.32. The number of hydrogen-bond donors (Lipinski definition) is 1. The molecule has 0 amide bonds. The minimum absolute atomic E-state index is 0.0651. The first-order valence-electron chi connectivity index (χ1n) is 7.29. The molecule has 1 N–H and O–H groups in total. The van der Waals surface area contributed by atoms with Crippen LogP contribution >= 0.6 is 0 Å². The van der Waals surface area contributed by atoms with Crippen molar-refractivity contribution in [2.24, 2.45) is 5.92 Å². The maximum atomic E-state index is 12.1. The molecule has 120 valence electrons. The van der Waals surface area contributed by atoms with Gasteiger partial charge in [-0.15, -0.1) is 0 Å². The summed E-state index contributed by atoms with van der Waals surface area (Å²) in [5, 5.41) is 0. The Balaban J connectivity index is 2.27. The molecule has 0 aliphatic carbocycles. The SMILES string of the molecule is CC(C)COCCCNS(=O)(=O)N1C[C@@H](C)O[C@@H](C)C1. The third kappa shape index (κ3) is 6.49. The second-order valence-electron chi connectivity index (χ2n) is 5.80. The maximum absolute atomic E-state index is 12.1. The van der Waals surface area contributed by atoms with Crippen LogP contribution in [0.5, 0.6) is 0 Å². The van der Waals surface area contributed by atoms with Gasteiger partial charge in [0.05, 0.1) is 12.2 Å². The third-order valence-corrected chi connectivity index (χ3v) is 4.47. The summed E-state index contributed by atoms with van der Waals surface area (Å²) in [6.45, 7) is 10.5. The molecule has 0 bridgehead atoms. The lowest BCUT2D eigenvalue weighted by Crippen LogP contribution is -2.52. The van der Waals surface area contributed by atoms with Crippen LogP contribution in [-0.4, -0.2) is 57.8 Å². The molecule has 1 fully saturated rings. The number of rotatable bonds is 8. The molecule has 0 aromatic rings. The molecule has 0 unspecified atom stereocenters. The Morgan fingerprint density at radius 3 is 2.45 bits per heavy atom. The first-order valence-corrected chi connectivity index (χ1v) is 8.73. The highest BCUT2D eigenvalue weighted by atomic mass is 32.2. The molecule has 0 aromatic heterocycles. The number of morpholine rings is 1. The minimum Gasteiger partial charge on any atom is -0.381 e. The summed E-state index contributed by atoms with van der Waals surface area (Å²) in [4.78, 5) is 0. The van der Waals surface area contributed by atoms with Crippen LogP contribution in [0.2, 0.25) is 0 Å². The molecule has 0 radical (unpaired) electrons. The Morgan fingerprint density at radius 1 is 1.30 bits per heavy atom. The van der Waals surface area contributed by atoms with Crippen molar-refractivity contribution in [2.45, 2.75) is 46.3 Å². The van der Waals surface area contributed by atoms with Crippen LogP contribution in [0.1, 0.15) is 34.1 Å². The van der Waals surface area contributed by atoms with E-state index in [2.05, 4.69) is 18.6 Å². The van der Waals surface area contributed by atoms with Gasteiger partial charge >= 0.3 is 0 Å². The Hall–Kier alpha value is -0.210. The van der Waals surface area contributed by atoms with Crippen molar-refractivity contribution in [1.29, 1.82) is 0 Å². The van der Waals surface area contributed by atoms with Crippen molar-refractivity contribution >= 4 is 10.2 Å². The average molecular weight is 308 g/mol. The molecule has 7 heteroatoms. The van der Waals surface area contributed by atoms with Gasteiger partial charge in [-0.3, -0.25) is 0 Å². The second kappa shape index (κ2) is 8.29. The Bertz CT molecular complexity index is 363. The predicted octanol–water partition coefficient (Wildman–Crippen LogP) is 0.993. The van der Waals surface area contributed by atoms with E-state index in [1.165, 1.54) is 4.31 Å². The monoisotopic (exact) mass is 308 g/mol. The smallest absolute Gasteiger partial charge is 0.279 e. The van der Waals surface area contributed by atoms with Crippen LogP contribution in [-0.2, 0) is 19.7 Å². The van der Waals surface area contributed by atoms with E-state index in [1.54, 1.807) is 0 Å². The van der Waals surface area contributed by atoms with Crippen LogP contribution in [0.15, 0.2) is 0 Å². The van der Waals surface area contributed by atoms with Crippen molar-refractivity contribution in [2.75, 3.05) is 32.8 Å². The molecule has 1 aliphatic rings. The van der Waals surface area contributed by atoms with Gasteiger partial charge < -0.3 is 9.47 Å². The normalized spacial score (nSPS) is 25.2. The number of ether oxygens (including phenoxy) is 2. The lowest BCUT2D eigenvalue weighted by Gasteiger charge is -2.34. The molecular weight excluding hydrogens is 280 g/mol. The molecule has 0 aromatic carbocycles. The van der Waals surface area contributed by atoms with E-state index in [9.17, 15) is 8.42 Å². The first-order chi connectivity index (χ1) is 9.31. The zero-order valence-corrected chi connectivity index (χ0v) is 13.8. The molecule has 6 nitrogen and oxygen atoms in total. The molecule has 1 saturated heterocycles. The molecule has 0 saturated carbocycles. The Morgan fingerprint density at radius 2 is 1.90 bits per heavy atom. The van der Waals surface area contributed by atoms with Gasteiger partial charge in [-0.2, -0.15) is 12.7 Å². The highest BCUT2D eigenvalue weighted by Gasteiger charge is 2.30. The highest BCUT2D eigenvalue weighted by molar-refractivity contribution is 7.87. The van der Waals surface area contributed by atoms with E-state index >= 15 is 0 Å². The van der Waals surface area contributed by atoms with Crippen LogP contribution < -0.4 is 4.72 Å². The summed E-state index contributed by atoms with van der Waals surface area (Å²) in [6.07, 6.45) is 0.552.